The van der Waals surface area contributed by atoms with Gasteiger partial charge in [-0.15, -0.1) is 0 Å². The Morgan fingerprint density at radius 2 is 1.94 bits per heavy atom. The first-order valence-electron chi connectivity index (χ1n) is 11.8. The van der Waals surface area contributed by atoms with Crippen LogP contribution in [0.2, 0.25) is 0 Å². The summed E-state index contributed by atoms with van der Waals surface area (Å²) in [4.78, 5) is 26.8. The molecule has 0 aliphatic carbocycles. The summed E-state index contributed by atoms with van der Waals surface area (Å²) in [5.41, 5.74) is 4.04. The summed E-state index contributed by atoms with van der Waals surface area (Å²) >= 11 is 0. The zero-order valence-electron chi connectivity index (χ0n) is 19.3. The van der Waals surface area contributed by atoms with Crippen LogP contribution in [0, 0.1) is 0 Å². The Morgan fingerprint density at radius 3 is 2.64 bits per heavy atom. The minimum atomic E-state index is -0.209. The minimum Gasteiger partial charge on any atom is -0.378 e. The van der Waals surface area contributed by atoms with Gasteiger partial charge in [-0.2, -0.15) is 0 Å². The quantitative estimate of drug-likeness (QED) is 0.719. The van der Waals surface area contributed by atoms with Gasteiger partial charge in [-0.1, -0.05) is 0 Å². The van der Waals surface area contributed by atoms with E-state index in [0.717, 1.165) is 67.9 Å². The molecule has 9 nitrogen and oxygen atoms in total. The van der Waals surface area contributed by atoms with Crippen LogP contribution in [0.1, 0.15) is 25.1 Å². The van der Waals surface area contributed by atoms with Crippen LogP contribution >= 0.6 is 0 Å². The van der Waals surface area contributed by atoms with Crippen molar-refractivity contribution in [1.82, 2.24) is 20.2 Å². The van der Waals surface area contributed by atoms with Gasteiger partial charge in [0.1, 0.15) is 5.82 Å². The summed E-state index contributed by atoms with van der Waals surface area (Å²) in [6.45, 7) is 10.4. The van der Waals surface area contributed by atoms with Crippen molar-refractivity contribution in [2.24, 2.45) is 0 Å². The number of morpholine rings is 1. The molecule has 0 bridgehead atoms. The molecular formula is C24H32N6O3. The van der Waals surface area contributed by atoms with E-state index in [2.05, 4.69) is 27.4 Å². The number of ether oxygens (including phenoxy) is 2. The number of hydrogen-bond acceptors (Lipinski definition) is 7. The molecule has 33 heavy (non-hydrogen) atoms. The number of carbonyl (C=O) groups is 1. The van der Waals surface area contributed by atoms with Gasteiger partial charge in [0.25, 0.3) is 0 Å². The first kappa shape index (κ1) is 22.1. The number of urea groups is 1. The van der Waals surface area contributed by atoms with Crippen molar-refractivity contribution in [3.63, 3.8) is 0 Å². The van der Waals surface area contributed by atoms with Crippen molar-refractivity contribution in [3.05, 3.63) is 35.5 Å². The van der Waals surface area contributed by atoms with E-state index in [1.807, 2.05) is 31.2 Å². The number of aromatic nitrogens is 2. The molecule has 0 saturated carbocycles. The maximum atomic E-state index is 11.8. The Balaban J connectivity index is 1.47. The van der Waals surface area contributed by atoms with Gasteiger partial charge >= 0.3 is 6.03 Å². The van der Waals surface area contributed by atoms with Crippen molar-refractivity contribution >= 4 is 17.5 Å². The lowest BCUT2D eigenvalue weighted by Gasteiger charge is -2.41. The van der Waals surface area contributed by atoms with Gasteiger partial charge in [-0.25, -0.2) is 14.8 Å². The highest BCUT2D eigenvalue weighted by Gasteiger charge is 2.33. The number of hydrogen-bond donors (Lipinski definition) is 2. The molecule has 3 aliphatic heterocycles. The van der Waals surface area contributed by atoms with Crippen molar-refractivity contribution in [2.75, 3.05) is 56.3 Å². The summed E-state index contributed by atoms with van der Waals surface area (Å²) in [5, 5.41) is 5.58. The number of nitrogens with zero attached hydrogens (tertiary/aromatic N) is 4. The number of fused-ring (bicyclic) bond motifs is 1. The Kier molecular flexibility index (Phi) is 6.43. The lowest BCUT2D eigenvalue weighted by atomic mass is 10.0. The first-order chi connectivity index (χ1) is 16.1. The van der Waals surface area contributed by atoms with Gasteiger partial charge in [0, 0.05) is 43.0 Å². The topological polar surface area (TPSA) is 91.9 Å². The molecule has 4 heterocycles. The fourth-order valence-corrected chi connectivity index (χ4v) is 4.62. The van der Waals surface area contributed by atoms with Gasteiger partial charge < -0.3 is 25.0 Å². The Morgan fingerprint density at radius 1 is 1.12 bits per heavy atom. The summed E-state index contributed by atoms with van der Waals surface area (Å²) < 4.78 is 11.1. The number of carbonyl (C=O) groups excluding carboxylic acids is 1. The normalized spacial score (nSPS) is 21.3. The predicted octanol–water partition coefficient (Wildman–Crippen LogP) is 2.27. The van der Waals surface area contributed by atoms with Crippen molar-refractivity contribution in [2.45, 2.75) is 38.9 Å². The van der Waals surface area contributed by atoms with Crippen LogP contribution in [0.25, 0.3) is 11.4 Å². The van der Waals surface area contributed by atoms with Crippen LogP contribution < -0.4 is 15.5 Å². The Labute approximate surface area is 194 Å². The molecule has 2 N–H and O–H groups in total. The second kappa shape index (κ2) is 9.62. The molecule has 3 aliphatic rings. The van der Waals surface area contributed by atoms with E-state index < -0.39 is 0 Å². The monoisotopic (exact) mass is 452 g/mol. The standard InChI is InChI=1S/C24H32N6O3/c1-3-25-24(31)26-18-6-4-17(5-7-18)22-27-21-12-29(19-14-33-15-19)9-8-20(21)23(28-22)30-10-11-32-13-16(30)2/h4-7,16,19H,3,8-15H2,1-2H3,(H2,25,26,31)/t16-/m1/s1. The van der Waals surface area contributed by atoms with E-state index in [-0.39, 0.29) is 12.1 Å². The summed E-state index contributed by atoms with van der Waals surface area (Å²) in [6.07, 6.45) is 0.945. The van der Waals surface area contributed by atoms with Crippen LogP contribution in [0.5, 0.6) is 0 Å². The second-order valence-electron chi connectivity index (χ2n) is 8.89. The maximum Gasteiger partial charge on any atom is 0.319 e. The van der Waals surface area contributed by atoms with E-state index in [9.17, 15) is 4.79 Å². The number of nitrogens with one attached hydrogen (secondary N) is 2. The fraction of sp³-hybridized carbons (Fsp3) is 0.542. The third-order valence-corrected chi connectivity index (χ3v) is 6.59. The smallest absolute Gasteiger partial charge is 0.319 e. The molecular weight excluding hydrogens is 420 g/mol. The fourth-order valence-electron chi connectivity index (χ4n) is 4.62. The van der Waals surface area contributed by atoms with Crippen LogP contribution in [0.4, 0.5) is 16.3 Å². The summed E-state index contributed by atoms with van der Waals surface area (Å²) in [7, 11) is 0. The van der Waals surface area contributed by atoms with Crippen molar-refractivity contribution in [3.8, 4) is 11.4 Å². The molecule has 1 atom stereocenters. The molecule has 2 amide bonds. The number of benzene rings is 1. The van der Waals surface area contributed by atoms with Gasteiger partial charge in [-0.05, 0) is 44.5 Å². The Hall–Kier alpha value is -2.75. The zero-order valence-corrected chi connectivity index (χ0v) is 19.3. The van der Waals surface area contributed by atoms with Gasteiger partial charge in [0.15, 0.2) is 5.82 Å². The number of anilines is 2. The van der Waals surface area contributed by atoms with Crippen LogP contribution in [-0.2, 0) is 22.4 Å². The largest absolute Gasteiger partial charge is 0.378 e. The molecule has 1 aromatic heterocycles. The van der Waals surface area contributed by atoms with E-state index in [1.54, 1.807) is 0 Å². The van der Waals surface area contributed by atoms with Crippen LogP contribution in [0.3, 0.4) is 0 Å². The van der Waals surface area contributed by atoms with E-state index >= 15 is 0 Å². The van der Waals surface area contributed by atoms with Crippen molar-refractivity contribution in [1.29, 1.82) is 0 Å². The molecule has 2 saturated heterocycles. The van der Waals surface area contributed by atoms with Gasteiger partial charge in [0.2, 0.25) is 0 Å². The zero-order chi connectivity index (χ0) is 22.8. The SMILES string of the molecule is CCNC(=O)Nc1ccc(-c2nc3c(c(N4CCOC[C@H]4C)n2)CCN(C2COC2)C3)cc1. The van der Waals surface area contributed by atoms with E-state index in [4.69, 9.17) is 19.4 Å². The molecule has 0 spiro atoms. The molecule has 0 unspecified atom stereocenters. The third-order valence-electron chi connectivity index (χ3n) is 6.59. The lowest BCUT2D eigenvalue weighted by molar-refractivity contribution is -0.0699. The maximum absolute atomic E-state index is 11.8. The van der Waals surface area contributed by atoms with E-state index in [0.29, 0.717) is 25.8 Å². The Bertz CT molecular complexity index is 994. The van der Waals surface area contributed by atoms with Crippen LogP contribution in [0.15, 0.2) is 24.3 Å². The van der Waals surface area contributed by atoms with Crippen LogP contribution in [-0.4, -0.2) is 79.0 Å². The highest BCUT2D eigenvalue weighted by molar-refractivity contribution is 5.89. The summed E-state index contributed by atoms with van der Waals surface area (Å²) in [6, 6.07) is 8.27. The molecule has 2 aromatic rings. The van der Waals surface area contributed by atoms with E-state index in [1.165, 1.54) is 5.56 Å². The highest BCUT2D eigenvalue weighted by Crippen LogP contribution is 2.32. The third kappa shape index (κ3) is 4.66. The predicted molar refractivity (Wildman–Crippen MR) is 127 cm³/mol. The van der Waals surface area contributed by atoms with Gasteiger partial charge in [-0.3, -0.25) is 4.90 Å². The molecule has 5 rings (SSSR count). The number of rotatable bonds is 5. The van der Waals surface area contributed by atoms with Gasteiger partial charge in [0.05, 0.1) is 44.2 Å². The minimum absolute atomic E-state index is 0.209. The summed E-state index contributed by atoms with van der Waals surface area (Å²) in [5.74, 6) is 1.76. The second-order valence-corrected chi connectivity index (χ2v) is 8.89. The van der Waals surface area contributed by atoms with Crippen molar-refractivity contribution < 1.29 is 14.3 Å². The number of amides is 2. The average Bonchev–Trinajstić information content (AvgIpc) is 2.78. The highest BCUT2D eigenvalue weighted by atomic mass is 16.5. The molecule has 2 fully saturated rings. The lowest BCUT2D eigenvalue weighted by Crippen LogP contribution is -2.51. The molecule has 176 valence electrons. The average molecular weight is 453 g/mol. The molecule has 0 radical (unpaired) electrons. The first-order valence-corrected chi connectivity index (χ1v) is 11.8. The molecule has 1 aromatic carbocycles. The molecule has 9 heteroatoms.